The van der Waals surface area contributed by atoms with E-state index in [0.29, 0.717) is 19.4 Å². The third-order valence-corrected chi connectivity index (χ3v) is 4.15. The van der Waals surface area contributed by atoms with Gasteiger partial charge in [0.2, 0.25) is 5.91 Å². The number of aliphatic carboxylic acids is 1. The molecule has 2 N–H and O–H groups in total. The summed E-state index contributed by atoms with van der Waals surface area (Å²) in [6.07, 6.45) is 4.03. The quantitative estimate of drug-likeness (QED) is 0.763. The third kappa shape index (κ3) is 3.49. The monoisotopic (exact) mass is 285 g/mol. The van der Waals surface area contributed by atoms with E-state index < -0.39 is 17.6 Å². The van der Waals surface area contributed by atoms with Crippen LogP contribution in [0.2, 0.25) is 0 Å². The average Bonchev–Trinajstić information content (AvgIpc) is 3.07. The zero-order valence-corrected chi connectivity index (χ0v) is 11.9. The zero-order valence-electron chi connectivity index (χ0n) is 11.9. The van der Waals surface area contributed by atoms with Gasteiger partial charge >= 0.3 is 5.97 Å². The molecular weight excluding hydrogens is 262 g/mol. The highest BCUT2D eigenvalue weighted by Gasteiger charge is 2.43. The first-order valence-corrected chi connectivity index (χ1v) is 7.32. The van der Waals surface area contributed by atoms with E-state index in [2.05, 4.69) is 5.32 Å². The van der Waals surface area contributed by atoms with E-state index in [1.54, 1.807) is 6.92 Å². The van der Waals surface area contributed by atoms with Gasteiger partial charge in [-0.1, -0.05) is 12.8 Å². The minimum Gasteiger partial charge on any atom is -0.480 e. The van der Waals surface area contributed by atoms with Gasteiger partial charge in [0.1, 0.15) is 11.6 Å². The molecule has 1 saturated heterocycles. The molecule has 6 heteroatoms. The van der Waals surface area contributed by atoms with E-state index in [1.165, 1.54) is 0 Å². The van der Waals surface area contributed by atoms with E-state index in [9.17, 15) is 14.7 Å². The average molecular weight is 285 g/mol. The van der Waals surface area contributed by atoms with E-state index in [-0.39, 0.29) is 12.0 Å². The van der Waals surface area contributed by atoms with Gasteiger partial charge in [-0.15, -0.1) is 0 Å². The fourth-order valence-corrected chi connectivity index (χ4v) is 2.81. The smallest absolute Gasteiger partial charge is 0.329 e. The molecule has 2 unspecified atom stereocenters. The summed E-state index contributed by atoms with van der Waals surface area (Å²) >= 11 is 0. The predicted molar refractivity (Wildman–Crippen MR) is 71.4 cm³/mol. The molecule has 1 heterocycles. The first-order valence-electron chi connectivity index (χ1n) is 7.32. The number of amides is 1. The molecule has 2 atom stereocenters. The summed E-state index contributed by atoms with van der Waals surface area (Å²) in [6.45, 7) is 2.78. The first kappa shape index (κ1) is 15.3. The van der Waals surface area contributed by atoms with Crippen LogP contribution >= 0.6 is 0 Å². The molecule has 2 aliphatic rings. The lowest BCUT2D eigenvalue weighted by atomic mass is 9.97. The summed E-state index contributed by atoms with van der Waals surface area (Å²) in [5.74, 6) is -1.30. The zero-order chi connectivity index (χ0) is 14.6. The van der Waals surface area contributed by atoms with Crippen molar-refractivity contribution in [3.63, 3.8) is 0 Å². The van der Waals surface area contributed by atoms with Gasteiger partial charge in [0.25, 0.3) is 0 Å². The molecule has 2 fully saturated rings. The maximum atomic E-state index is 12.1. The maximum absolute atomic E-state index is 12.1. The largest absolute Gasteiger partial charge is 0.480 e. The second-order valence-electron chi connectivity index (χ2n) is 5.69. The standard InChI is InChI=1S/C14H23NO5/c1-10(20-9-11-5-4-8-19-11)12(16)15-14(13(17)18)6-2-3-7-14/h10-11H,2-9H2,1H3,(H,15,16)(H,17,18). The summed E-state index contributed by atoms with van der Waals surface area (Å²) in [5.41, 5.74) is -1.10. The van der Waals surface area contributed by atoms with Gasteiger partial charge in [-0.2, -0.15) is 0 Å². The maximum Gasteiger partial charge on any atom is 0.329 e. The van der Waals surface area contributed by atoms with Gasteiger partial charge in [-0.05, 0) is 32.6 Å². The molecule has 0 bridgehead atoms. The number of carbonyl (C=O) groups is 2. The molecule has 0 aromatic heterocycles. The van der Waals surface area contributed by atoms with E-state index in [0.717, 1.165) is 32.3 Å². The molecule has 0 spiro atoms. The van der Waals surface area contributed by atoms with Crippen molar-refractivity contribution in [2.75, 3.05) is 13.2 Å². The van der Waals surface area contributed by atoms with Crippen LogP contribution in [0.25, 0.3) is 0 Å². The number of ether oxygens (including phenoxy) is 2. The number of carbonyl (C=O) groups excluding carboxylic acids is 1. The summed E-state index contributed by atoms with van der Waals surface area (Å²) in [4.78, 5) is 23.4. The van der Waals surface area contributed by atoms with Crippen LogP contribution in [0.4, 0.5) is 0 Å². The Bertz CT molecular complexity index is 359. The van der Waals surface area contributed by atoms with Crippen molar-refractivity contribution in [1.82, 2.24) is 5.32 Å². The van der Waals surface area contributed by atoms with Gasteiger partial charge < -0.3 is 19.9 Å². The van der Waals surface area contributed by atoms with E-state index in [4.69, 9.17) is 9.47 Å². The SMILES string of the molecule is CC(OCC1CCCO1)C(=O)NC1(C(=O)O)CCCC1. The van der Waals surface area contributed by atoms with Crippen molar-refractivity contribution in [2.24, 2.45) is 0 Å². The molecule has 6 nitrogen and oxygen atoms in total. The van der Waals surface area contributed by atoms with Crippen molar-refractivity contribution in [3.8, 4) is 0 Å². The Labute approximate surface area is 118 Å². The molecule has 0 aromatic carbocycles. The van der Waals surface area contributed by atoms with Gasteiger partial charge in [-0.25, -0.2) is 4.79 Å². The minimum absolute atomic E-state index is 0.0603. The van der Waals surface area contributed by atoms with E-state index in [1.807, 2.05) is 0 Å². The van der Waals surface area contributed by atoms with Crippen molar-refractivity contribution < 1.29 is 24.2 Å². The second-order valence-corrected chi connectivity index (χ2v) is 5.69. The topological polar surface area (TPSA) is 84.9 Å². The van der Waals surface area contributed by atoms with Crippen molar-refractivity contribution >= 4 is 11.9 Å². The summed E-state index contributed by atoms with van der Waals surface area (Å²) in [7, 11) is 0. The van der Waals surface area contributed by atoms with Crippen molar-refractivity contribution in [3.05, 3.63) is 0 Å². The van der Waals surface area contributed by atoms with Gasteiger partial charge in [0, 0.05) is 6.61 Å². The number of hydrogen-bond donors (Lipinski definition) is 2. The third-order valence-electron chi connectivity index (χ3n) is 4.15. The van der Waals surface area contributed by atoms with Gasteiger partial charge in [0.05, 0.1) is 12.7 Å². The molecule has 0 aromatic rings. The summed E-state index contributed by atoms with van der Waals surface area (Å²) in [5, 5.41) is 12.0. The molecule has 1 amide bonds. The van der Waals surface area contributed by atoms with Crippen LogP contribution in [-0.4, -0.2) is 47.9 Å². The van der Waals surface area contributed by atoms with Gasteiger partial charge in [0.15, 0.2) is 0 Å². The van der Waals surface area contributed by atoms with Gasteiger partial charge in [-0.3, -0.25) is 4.79 Å². The highest BCUT2D eigenvalue weighted by atomic mass is 16.5. The lowest BCUT2D eigenvalue weighted by Gasteiger charge is -2.27. The summed E-state index contributed by atoms with van der Waals surface area (Å²) in [6, 6.07) is 0. The lowest BCUT2D eigenvalue weighted by molar-refractivity contribution is -0.150. The highest BCUT2D eigenvalue weighted by Crippen LogP contribution is 2.30. The molecule has 0 radical (unpaired) electrons. The highest BCUT2D eigenvalue weighted by molar-refractivity contribution is 5.89. The molecule has 1 aliphatic heterocycles. The normalized spacial score (nSPS) is 26.4. The molecule has 114 valence electrons. The molecule has 1 aliphatic carbocycles. The van der Waals surface area contributed by atoms with E-state index >= 15 is 0 Å². The summed E-state index contributed by atoms with van der Waals surface area (Å²) < 4.78 is 10.9. The van der Waals surface area contributed by atoms with Crippen LogP contribution in [0.15, 0.2) is 0 Å². The molecule has 1 saturated carbocycles. The number of rotatable bonds is 6. The van der Waals surface area contributed by atoms with Crippen LogP contribution in [0, 0.1) is 0 Å². The van der Waals surface area contributed by atoms with Crippen LogP contribution in [0.5, 0.6) is 0 Å². The minimum atomic E-state index is -1.10. The lowest BCUT2D eigenvalue weighted by Crippen LogP contribution is -2.55. The Kier molecular flexibility index (Phi) is 4.99. The fourth-order valence-electron chi connectivity index (χ4n) is 2.81. The van der Waals surface area contributed by atoms with Crippen molar-refractivity contribution in [1.29, 1.82) is 0 Å². The number of carboxylic acid groups (broad SMARTS) is 1. The molecule has 20 heavy (non-hydrogen) atoms. The first-order chi connectivity index (χ1) is 9.53. The Morgan fingerprint density at radius 2 is 2.10 bits per heavy atom. The predicted octanol–water partition coefficient (Wildman–Crippen LogP) is 1.08. The number of nitrogens with one attached hydrogen (secondary N) is 1. The Hall–Kier alpha value is -1.14. The van der Waals surface area contributed by atoms with Crippen molar-refractivity contribution in [2.45, 2.75) is 63.2 Å². The Morgan fingerprint density at radius 1 is 1.40 bits per heavy atom. The van der Waals surface area contributed by atoms with Crippen LogP contribution in [-0.2, 0) is 19.1 Å². The number of carboxylic acids is 1. The molecule has 2 rings (SSSR count). The Morgan fingerprint density at radius 3 is 2.65 bits per heavy atom. The second kappa shape index (κ2) is 6.54. The van der Waals surface area contributed by atoms with Crippen LogP contribution < -0.4 is 5.32 Å². The van der Waals surface area contributed by atoms with Crippen LogP contribution in [0.1, 0.15) is 45.4 Å². The van der Waals surface area contributed by atoms with Crippen LogP contribution in [0.3, 0.4) is 0 Å². The number of hydrogen-bond acceptors (Lipinski definition) is 4. The molecular formula is C14H23NO5. The Balaban J connectivity index is 1.81. The fraction of sp³-hybridized carbons (Fsp3) is 0.857.